The van der Waals surface area contributed by atoms with Gasteiger partial charge in [-0.25, -0.2) is 0 Å². The molecule has 0 saturated carbocycles. The second kappa shape index (κ2) is 7.72. The molecule has 1 heterocycles. The lowest BCUT2D eigenvalue weighted by Gasteiger charge is -2.35. The van der Waals surface area contributed by atoms with Gasteiger partial charge in [-0.2, -0.15) is 0 Å². The summed E-state index contributed by atoms with van der Waals surface area (Å²) in [5.74, 6) is -0.301. The molecule has 1 unspecified atom stereocenters. The van der Waals surface area contributed by atoms with Crippen LogP contribution in [0.1, 0.15) is 16.7 Å². The molecule has 1 fully saturated rings. The third-order valence-electron chi connectivity index (χ3n) is 4.06. The number of amides is 1. The van der Waals surface area contributed by atoms with Crippen molar-refractivity contribution in [2.24, 2.45) is 5.73 Å². The molecule has 1 aliphatic heterocycles. The van der Waals surface area contributed by atoms with E-state index in [1.165, 1.54) is 16.7 Å². The highest BCUT2D eigenvalue weighted by Crippen LogP contribution is 2.15. The number of nitrogens with two attached hydrogens (primary N) is 1. The van der Waals surface area contributed by atoms with Crippen molar-refractivity contribution in [1.82, 2.24) is 9.80 Å². The standard InChI is InChI=1S/C17H27N3O2/c1-13-4-5-15(14(2)8-13)9-20-6-7-22-16(11-20)10-19(3)12-17(18)21/h4-5,8,16H,6-7,9-12H2,1-3H3,(H2,18,21). The zero-order valence-electron chi connectivity index (χ0n) is 13.8. The highest BCUT2D eigenvalue weighted by atomic mass is 16.5. The van der Waals surface area contributed by atoms with Crippen molar-refractivity contribution in [1.29, 1.82) is 0 Å². The van der Waals surface area contributed by atoms with Crippen LogP contribution >= 0.6 is 0 Å². The minimum absolute atomic E-state index is 0.129. The molecular weight excluding hydrogens is 278 g/mol. The van der Waals surface area contributed by atoms with Crippen LogP contribution in [-0.2, 0) is 16.1 Å². The van der Waals surface area contributed by atoms with Crippen molar-refractivity contribution in [3.05, 3.63) is 34.9 Å². The van der Waals surface area contributed by atoms with Gasteiger partial charge in [-0.1, -0.05) is 23.8 Å². The SMILES string of the molecule is Cc1ccc(CN2CCOC(CN(C)CC(N)=O)C2)c(C)c1. The number of ether oxygens (including phenoxy) is 1. The van der Waals surface area contributed by atoms with E-state index in [9.17, 15) is 4.79 Å². The summed E-state index contributed by atoms with van der Waals surface area (Å²) in [4.78, 5) is 15.3. The zero-order valence-corrected chi connectivity index (χ0v) is 13.8. The maximum absolute atomic E-state index is 11.0. The predicted molar refractivity (Wildman–Crippen MR) is 87.6 cm³/mol. The largest absolute Gasteiger partial charge is 0.374 e. The molecule has 0 spiro atoms. The maximum Gasteiger partial charge on any atom is 0.231 e. The highest BCUT2D eigenvalue weighted by molar-refractivity contribution is 5.75. The van der Waals surface area contributed by atoms with Crippen LogP contribution in [-0.4, -0.2) is 61.6 Å². The Labute approximate surface area is 133 Å². The van der Waals surface area contributed by atoms with Gasteiger partial charge in [0.2, 0.25) is 5.91 Å². The number of hydrogen-bond donors (Lipinski definition) is 1. The normalized spacial score (nSPS) is 19.5. The molecule has 5 heteroatoms. The smallest absolute Gasteiger partial charge is 0.231 e. The lowest BCUT2D eigenvalue weighted by atomic mass is 10.0. The van der Waals surface area contributed by atoms with E-state index < -0.39 is 0 Å². The molecule has 1 aromatic carbocycles. The average molecular weight is 305 g/mol. The number of benzene rings is 1. The molecular formula is C17H27N3O2. The molecule has 122 valence electrons. The summed E-state index contributed by atoms with van der Waals surface area (Å²) < 4.78 is 5.81. The van der Waals surface area contributed by atoms with Gasteiger partial charge >= 0.3 is 0 Å². The monoisotopic (exact) mass is 305 g/mol. The van der Waals surface area contributed by atoms with Crippen molar-refractivity contribution in [2.75, 3.05) is 39.8 Å². The average Bonchev–Trinajstić information content (AvgIpc) is 2.41. The number of carbonyl (C=O) groups excluding carboxylic acids is 1. The maximum atomic E-state index is 11.0. The first-order valence-corrected chi connectivity index (χ1v) is 7.81. The summed E-state index contributed by atoms with van der Waals surface area (Å²) >= 11 is 0. The van der Waals surface area contributed by atoms with E-state index in [1.807, 2.05) is 11.9 Å². The Bertz CT molecular complexity index is 519. The molecule has 1 aromatic rings. The molecule has 2 rings (SSSR count). The lowest BCUT2D eigenvalue weighted by molar-refractivity contribution is -0.119. The Morgan fingerprint density at radius 3 is 2.91 bits per heavy atom. The van der Waals surface area contributed by atoms with Gasteiger partial charge in [-0.3, -0.25) is 14.6 Å². The molecule has 1 atom stereocenters. The van der Waals surface area contributed by atoms with Crippen LogP contribution in [0.2, 0.25) is 0 Å². The number of nitrogens with zero attached hydrogens (tertiary/aromatic N) is 2. The van der Waals surface area contributed by atoms with Gasteiger partial charge in [0.1, 0.15) is 0 Å². The van der Waals surface area contributed by atoms with Crippen LogP contribution in [0.4, 0.5) is 0 Å². The Morgan fingerprint density at radius 1 is 1.45 bits per heavy atom. The van der Waals surface area contributed by atoms with Crippen LogP contribution < -0.4 is 5.73 Å². The molecule has 22 heavy (non-hydrogen) atoms. The lowest BCUT2D eigenvalue weighted by Crippen LogP contribution is -2.47. The Morgan fingerprint density at radius 2 is 2.23 bits per heavy atom. The fraction of sp³-hybridized carbons (Fsp3) is 0.588. The van der Waals surface area contributed by atoms with Crippen LogP contribution in [0.15, 0.2) is 18.2 Å². The van der Waals surface area contributed by atoms with Gasteiger partial charge in [-0.05, 0) is 32.0 Å². The number of primary amides is 1. The van der Waals surface area contributed by atoms with E-state index in [1.54, 1.807) is 0 Å². The van der Waals surface area contributed by atoms with Crippen molar-refractivity contribution >= 4 is 5.91 Å². The van der Waals surface area contributed by atoms with E-state index in [4.69, 9.17) is 10.5 Å². The van der Waals surface area contributed by atoms with Crippen LogP contribution in [0.3, 0.4) is 0 Å². The summed E-state index contributed by atoms with van der Waals surface area (Å²) in [7, 11) is 1.90. The number of aryl methyl sites for hydroxylation is 2. The molecule has 1 aliphatic rings. The summed E-state index contributed by atoms with van der Waals surface area (Å²) in [6.07, 6.45) is 0.129. The number of morpholine rings is 1. The summed E-state index contributed by atoms with van der Waals surface area (Å²) in [6.45, 7) is 8.81. The molecule has 1 amide bonds. The predicted octanol–water partition coefficient (Wildman–Crippen LogP) is 0.921. The third-order valence-corrected chi connectivity index (χ3v) is 4.06. The van der Waals surface area contributed by atoms with Crippen LogP contribution in [0.5, 0.6) is 0 Å². The van der Waals surface area contributed by atoms with Gasteiger partial charge in [0, 0.05) is 26.2 Å². The van der Waals surface area contributed by atoms with Gasteiger partial charge in [0.15, 0.2) is 0 Å². The van der Waals surface area contributed by atoms with Gasteiger partial charge in [-0.15, -0.1) is 0 Å². The van der Waals surface area contributed by atoms with E-state index >= 15 is 0 Å². The first-order chi connectivity index (χ1) is 10.4. The van der Waals surface area contributed by atoms with E-state index in [0.717, 1.165) is 32.8 Å². The Kier molecular flexibility index (Phi) is 5.94. The van der Waals surface area contributed by atoms with Crippen molar-refractivity contribution in [3.63, 3.8) is 0 Å². The third kappa shape index (κ3) is 5.09. The molecule has 0 aliphatic carbocycles. The topological polar surface area (TPSA) is 58.8 Å². The fourth-order valence-electron chi connectivity index (χ4n) is 2.98. The number of rotatable bonds is 6. The zero-order chi connectivity index (χ0) is 16.1. The number of hydrogen-bond acceptors (Lipinski definition) is 4. The molecule has 2 N–H and O–H groups in total. The molecule has 5 nitrogen and oxygen atoms in total. The molecule has 1 saturated heterocycles. The summed E-state index contributed by atoms with van der Waals surface area (Å²) in [5, 5.41) is 0. The van der Waals surface area contributed by atoms with E-state index in [-0.39, 0.29) is 18.6 Å². The van der Waals surface area contributed by atoms with E-state index in [2.05, 4.69) is 36.9 Å². The van der Waals surface area contributed by atoms with E-state index in [0.29, 0.717) is 0 Å². The molecule has 0 radical (unpaired) electrons. The quantitative estimate of drug-likeness (QED) is 0.849. The van der Waals surface area contributed by atoms with Crippen molar-refractivity contribution in [3.8, 4) is 0 Å². The Hall–Kier alpha value is -1.43. The Balaban J connectivity index is 1.89. The minimum Gasteiger partial charge on any atom is -0.374 e. The second-order valence-corrected chi connectivity index (χ2v) is 6.32. The van der Waals surface area contributed by atoms with Crippen molar-refractivity contribution in [2.45, 2.75) is 26.5 Å². The van der Waals surface area contributed by atoms with Crippen molar-refractivity contribution < 1.29 is 9.53 Å². The number of carbonyl (C=O) groups is 1. The second-order valence-electron chi connectivity index (χ2n) is 6.32. The first-order valence-electron chi connectivity index (χ1n) is 7.81. The minimum atomic E-state index is -0.301. The number of likely N-dealkylation sites (N-methyl/N-ethyl adjacent to an activating group) is 1. The van der Waals surface area contributed by atoms with Crippen LogP contribution in [0, 0.1) is 13.8 Å². The fourth-order valence-corrected chi connectivity index (χ4v) is 2.98. The first kappa shape index (κ1) is 16.9. The van der Waals surface area contributed by atoms with Gasteiger partial charge in [0.05, 0.1) is 19.3 Å². The van der Waals surface area contributed by atoms with Gasteiger partial charge in [0.25, 0.3) is 0 Å². The summed E-state index contributed by atoms with van der Waals surface area (Å²) in [6, 6.07) is 6.61. The summed E-state index contributed by atoms with van der Waals surface area (Å²) in [5.41, 5.74) is 9.24. The highest BCUT2D eigenvalue weighted by Gasteiger charge is 2.22. The molecule has 0 aromatic heterocycles. The molecule has 0 bridgehead atoms. The van der Waals surface area contributed by atoms with Crippen LogP contribution in [0.25, 0.3) is 0 Å². The van der Waals surface area contributed by atoms with Gasteiger partial charge < -0.3 is 10.5 Å².